The third kappa shape index (κ3) is 5.32. The standard InChI is InChI=1S/C22H34ClFSi/c1-2-3-4-13-25-14-11-19(12-15-25)17-5-7-18(8-6-17)20-9-10-21(23)22(24)16-20/h9-10,16-19,25H,2-8,11-15H2,1H3/t17-,18-,19?,25?. The molecule has 3 rings (SSSR count). The lowest BCUT2D eigenvalue weighted by molar-refractivity contribution is 0.216. The van der Waals surface area contributed by atoms with E-state index in [1.807, 2.05) is 6.07 Å². The molecule has 0 unspecified atom stereocenters. The first-order valence-electron chi connectivity index (χ1n) is 10.6. The highest BCUT2D eigenvalue weighted by Crippen LogP contribution is 2.43. The van der Waals surface area contributed by atoms with E-state index in [9.17, 15) is 4.39 Å². The first kappa shape index (κ1) is 19.4. The molecule has 1 aliphatic carbocycles. The zero-order valence-electron chi connectivity index (χ0n) is 15.8. The summed E-state index contributed by atoms with van der Waals surface area (Å²) in [6, 6.07) is 10.2. The second-order valence-electron chi connectivity index (χ2n) is 8.56. The fraction of sp³-hybridized carbons (Fsp3) is 0.727. The molecule has 0 spiro atoms. The van der Waals surface area contributed by atoms with Gasteiger partial charge in [0.2, 0.25) is 0 Å². The van der Waals surface area contributed by atoms with Crippen LogP contribution in [0.25, 0.3) is 0 Å². The summed E-state index contributed by atoms with van der Waals surface area (Å²) < 4.78 is 13.7. The van der Waals surface area contributed by atoms with Gasteiger partial charge in [-0.3, -0.25) is 0 Å². The minimum atomic E-state index is -0.377. The molecule has 0 nitrogen and oxygen atoms in total. The molecule has 1 aromatic carbocycles. The number of halogens is 2. The van der Waals surface area contributed by atoms with Gasteiger partial charge in [-0.1, -0.05) is 74.8 Å². The van der Waals surface area contributed by atoms with Crippen LogP contribution < -0.4 is 0 Å². The van der Waals surface area contributed by atoms with Gasteiger partial charge >= 0.3 is 0 Å². The van der Waals surface area contributed by atoms with Crippen molar-refractivity contribution in [2.24, 2.45) is 11.8 Å². The Balaban J connectivity index is 1.43. The molecule has 1 saturated heterocycles. The average molecular weight is 381 g/mol. The summed E-state index contributed by atoms with van der Waals surface area (Å²) in [5.41, 5.74) is 1.16. The largest absolute Gasteiger partial charge is 0.205 e. The summed E-state index contributed by atoms with van der Waals surface area (Å²) in [5, 5.41) is 0.247. The molecule has 0 N–H and O–H groups in total. The van der Waals surface area contributed by atoms with Crippen molar-refractivity contribution >= 4 is 20.4 Å². The Morgan fingerprint density at radius 3 is 2.32 bits per heavy atom. The molecular weight excluding hydrogens is 347 g/mol. The molecule has 1 aliphatic heterocycles. The van der Waals surface area contributed by atoms with E-state index in [1.54, 1.807) is 30.3 Å². The van der Waals surface area contributed by atoms with E-state index in [2.05, 4.69) is 6.92 Å². The van der Waals surface area contributed by atoms with Crippen LogP contribution >= 0.6 is 11.6 Å². The fourth-order valence-electron chi connectivity index (χ4n) is 5.32. The number of unbranched alkanes of at least 4 members (excludes halogenated alkanes) is 2. The van der Waals surface area contributed by atoms with Gasteiger partial charge in [-0.25, -0.2) is 4.39 Å². The lowest BCUT2D eigenvalue weighted by atomic mass is 9.72. The van der Waals surface area contributed by atoms with Crippen molar-refractivity contribution in [2.45, 2.75) is 88.8 Å². The van der Waals surface area contributed by atoms with Gasteiger partial charge in [-0.2, -0.15) is 0 Å². The predicted octanol–water partition coefficient (Wildman–Crippen LogP) is 7.58. The van der Waals surface area contributed by atoms with E-state index < -0.39 is 0 Å². The van der Waals surface area contributed by atoms with Gasteiger partial charge in [0.1, 0.15) is 5.82 Å². The van der Waals surface area contributed by atoms with Gasteiger partial charge in [0.15, 0.2) is 0 Å². The summed E-state index contributed by atoms with van der Waals surface area (Å²) in [6.45, 7) is 2.31. The van der Waals surface area contributed by atoms with Crippen molar-refractivity contribution in [3.63, 3.8) is 0 Å². The van der Waals surface area contributed by atoms with Crippen LogP contribution in [0.1, 0.15) is 76.2 Å². The molecule has 0 bridgehead atoms. The van der Waals surface area contributed by atoms with Gasteiger partial charge < -0.3 is 0 Å². The van der Waals surface area contributed by atoms with Crippen LogP contribution in [-0.4, -0.2) is 8.80 Å². The van der Waals surface area contributed by atoms with Crippen LogP contribution in [0.4, 0.5) is 4.39 Å². The minimum Gasteiger partial charge on any atom is -0.205 e. The highest BCUT2D eigenvalue weighted by molar-refractivity contribution is 6.58. The number of hydrogen-bond donors (Lipinski definition) is 0. The second-order valence-corrected chi connectivity index (χ2v) is 12.4. The third-order valence-electron chi connectivity index (χ3n) is 6.96. The van der Waals surface area contributed by atoms with Crippen LogP contribution in [0.3, 0.4) is 0 Å². The Labute approximate surface area is 160 Å². The Morgan fingerprint density at radius 1 is 1.00 bits per heavy atom. The maximum Gasteiger partial charge on any atom is 0.142 e. The third-order valence-corrected chi connectivity index (χ3v) is 10.8. The Morgan fingerprint density at radius 2 is 1.68 bits per heavy atom. The Bertz CT molecular complexity index is 531. The Hall–Kier alpha value is -0.343. The molecule has 0 aromatic heterocycles. The normalized spacial score (nSPS) is 30.4. The molecule has 0 radical (unpaired) electrons. The van der Waals surface area contributed by atoms with Gasteiger partial charge in [0, 0.05) is 8.80 Å². The van der Waals surface area contributed by atoms with Crippen LogP contribution in [-0.2, 0) is 0 Å². The average Bonchev–Trinajstić information content (AvgIpc) is 2.65. The smallest absolute Gasteiger partial charge is 0.142 e. The first-order valence-corrected chi connectivity index (χ1v) is 13.4. The van der Waals surface area contributed by atoms with Crippen molar-refractivity contribution < 1.29 is 4.39 Å². The first-order chi connectivity index (χ1) is 12.2. The van der Waals surface area contributed by atoms with E-state index in [-0.39, 0.29) is 19.6 Å². The van der Waals surface area contributed by atoms with Crippen molar-refractivity contribution in [1.82, 2.24) is 0 Å². The monoisotopic (exact) mass is 380 g/mol. The highest BCUT2D eigenvalue weighted by Gasteiger charge is 2.31. The second kappa shape index (κ2) is 9.55. The summed E-state index contributed by atoms with van der Waals surface area (Å²) in [4.78, 5) is 0. The van der Waals surface area contributed by atoms with Crippen LogP contribution in [0.15, 0.2) is 18.2 Å². The lowest BCUT2D eigenvalue weighted by Gasteiger charge is -2.37. The predicted molar refractivity (Wildman–Crippen MR) is 110 cm³/mol. The minimum absolute atomic E-state index is 0.247. The molecular formula is C22H34ClFSi. The van der Waals surface area contributed by atoms with Gasteiger partial charge in [0.05, 0.1) is 5.02 Å². The van der Waals surface area contributed by atoms with Crippen molar-refractivity contribution in [1.29, 1.82) is 0 Å². The zero-order valence-corrected chi connectivity index (χ0v) is 17.7. The molecule has 1 aromatic rings. The van der Waals surface area contributed by atoms with Crippen molar-refractivity contribution in [3.8, 4) is 0 Å². The molecule has 140 valence electrons. The molecule has 0 atom stereocenters. The summed E-state index contributed by atoms with van der Waals surface area (Å²) in [6.07, 6.45) is 12.5. The van der Waals surface area contributed by atoms with E-state index in [0.717, 1.165) is 17.4 Å². The topological polar surface area (TPSA) is 0 Å². The molecule has 3 heteroatoms. The van der Waals surface area contributed by atoms with E-state index >= 15 is 0 Å². The zero-order chi connectivity index (χ0) is 17.6. The fourth-order valence-corrected chi connectivity index (χ4v) is 8.97. The molecule has 2 aliphatic rings. The maximum absolute atomic E-state index is 13.7. The SMILES string of the molecule is CCCCC[SiH]1CCC([C@H]2CC[C@H](c3ccc(Cl)c(F)c3)CC2)CC1. The van der Waals surface area contributed by atoms with E-state index in [1.165, 1.54) is 57.8 Å². The quantitative estimate of drug-likeness (QED) is 0.352. The van der Waals surface area contributed by atoms with Crippen molar-refractivity contribution in [3.05, 3.63) is 34.6 Å². The van der Waals surface area contributed by atoms with Crippen LogP contribution in [0, 0.1) is 17.7 Å². The van der Waals surface area contributed by atoms with Crippen LogP contribution in [0.5, 0.6) is 0 Å². The van der Waals surface area contributed by atoms with Gasteiger partial charge in [0.25, 0.3) is 0 Å². The summed E-state index contributed by atoms with van der Waals surface area (Å²) in [5.74, 6) is 2.23. The summed E-state index contributed by atoms with van der Waals surface area (Å²) in [7, 11) is -0.377. The number of benzene rings is 1. The van der Waals surface area contributed by atoms with Crippen LogP contribution in [0.2, 0.25) is 23.2 Å². The van der Waals surface area contributed by atoms with Gasteiger partial charge in [-0.15, -0.1) is 0 Å². The van der Waals surface area contributed by atoms with E-state index in [4.69, 9.17) is 11.6 Å². The number of rotatable bonds is 6. The molecule has 1 saturated carbocycles. The van der Waals surface area contributed by atoms with Gasteiger partial charge in [-0.05, 0) is 61.1 Å². The molecule has 2 fully saturated rings. The highest BCUT2D eigenvalue weighted by atomic mass is 35.5. The van der Waals surface area contributed by atoms with E-state index in [0.29, 0.717) is 5.92 Å². The molecule has 0 amide bonds. The lowest BCUT2D eigenvalue weighted by Crippen LogP contribution is -2.28. The Kier molecular flexibility index (Phi) is 7.42. The number of hydrogen-bond acceptors (Lipinski definition) is 0. The summed E-state index contributed by atoms with van der Waals surface area (Å²) >= 11 is 5.82. The maximum atomic E-state index is 13.7. The molecule has 25 heavy (non-hydrogen) atoms. The molecule has 1 heterocycles. The van der Waals surface area contributed by atoms with Crippen molar-refractivity contribution in [2.75, 3.05) is 0 Å².